The highest BCUT2D eigenvalue weighted by Crippen LogP contribution is 2.32. The van der Waals surface area contributed by atoms with Crippen LogP contribution in [0.4, 0.5) is 5.69 Å². The summed E-state index contributed by atoms with van der Waals surface area (Å²) < 4.78 is 8.31. The van der Waals surface area contributed by atoms with Gasteiger partial charge in [-0.05, 0) is 50.9 Å². The summed E-state index contributed by atoms with van der Waals surface area (Å²) in [4.78, 5) is 23.9. The van der Waals surface area contributed by atoms with Gasteiger partial charge in [0.2, 0.25) is 0 Å². The van der Waals surface area contributed by atoms with Crippen LogP contribution in [0, 0.1) is 5.41 Å². The third-order valence-electron chi connectivity index (χ3n) is 5.41. The van der Waals surface area contributed by atoms with Crippen molar-refractivity contribution < 1.29 is 4.74 Å². The lowest BCUT2D eigenvalue weighted by Gasteiger charge is -2.31. The van der Waals surface area contributed by atoms with Crippen LogP contribution in [-0.2, 0) is 4.74 Å². The van der Waals surface area contributed by atoms with E-state index in [1.165, 1.54) is 4.91 Å². The first kappa shape index (κ1) is 24.3. The van der Waals surface area contributed by atoms with Gasteiger partial charge >= 0.3 is 0 Å². The Bertz CT molecular complexity index is 973. The summed E-state index contributed by atoms with van der Waals surface area (Å²) >= 11 is 1.78. The van der Waals surface area contributed by atoms with E-state index in [0.717, 1.165) is 44.6 Å². The van der Waals surface area contributed by atoms with Gasteiger partial charge in [0.05, 0.1) is 17.9 Å². The predicted molar refractivity (Wildman–Crippen MR) is 133 cm³/mol. The fraction of sp³-hybridized carbons (Fsp3) is 0.522. The van der Waals surface area contributed by atoms with E-state index in [2.05, 4.69) is 38.7 Å². The molecule has 0 amide bonds. The summed E-state index contributed by atoms with van der Waals surface area (Å²) in [6, 6.07) is 0. The Morgan fingerprint density at radius 1 is 1.28 bits per heavy atom. The van der Waals surface area contributed by atoms with Gasteiger partial charge in [0.1, 0.15) is 23.0 Å². The number of aromatic amines is 1. The predicted octanol–water partition coefficient (Wildman–Crippen LogP) is 3.47. The van der Waals surface area contributed by atoms with E-state index in [1.54, 1.807) is 19.0 Å². The molecule has 8 nitrogen and oxygen atoms in total. The van der Waals surface area contributed by atoms with Gasteiger partial charge in [0.15, 0.2) is 0 Å². The van der Waals surface area contributed by atoms with Crippen molar-refractivity contribution in [3.05, 3.63) is 50.8 Å². The van der Waals surface area contributed by atoms with Crippen LogP contribution in [0.15, 0.2) is 33.7 Å². The molecule has 3 N–H and O–H groups in total. The van der Waals surface area contributed by atoms with Crippen molar-refractivity contribution >= 4 is 28.9 Å². The van der Waals surface area contributed by atoms with E-state index in [4.69, 9.17) is 15.1 Å². The molecule has 1 aromatic heterocycles. The van der Waals surface area contributed by atoms with Crippen molar-refractivity contribution in [3.8, 4) is 0 Å². The molecule has 0 radical (unpaired) electrons. The number of ether oxygens (including phenoxy) is 1. The summed E-state index contributed by atoms with van der Waals surface area (Å²) in [5.41, 5.74) is 1.54. The molecule has 2 aliphatic rings. The minimum absolute atomic E-state index is 0.283. The van der Waals surface area contributed by atoms with Crippen LogP contribution in [0.5, 0.6) is 0 Å². The molecule has 0 spiro atoms. The lowest BCUT2D eigenvalue weighted by Crippen LogP contribution is -2.41. The maximum atomic E-state index is 12.8. The van der Waals surface area contributed by atoms with Gasteiger partial charge in [0.25, 0.3) is 5.56 Å². The van der Waals surface area contributed by atoms with Crippen LogP contribution in [0.2, 0.25) is 0 Å². The Labute approximate surface area is 194 Å². The average molecular weight is 459 g/mol. The van der Waals surface area contributed by atoms with Crippen LogP contribution in [0.25, 0.3) is 5.57 Å². The van der Waals surface area contributed by atoms with Crippen LogP contribution < -0.4 is 10.9 Å². The van der Waals surface area contributed by atoms with Crippen LogP contribution >= 0.6 is 11.9 Å². The quantitative estimate of drug-likeness (QED) is 0.385. The monoisotopic (exact) mass is 458 g/mol. The van der Waals surface area contributed by atoms with Gasteiger partial charge in [0, 0.05) is 38.1 Å². The molecule has 0 bridgehead atoms. The fourth-order valence-corrected chi connectivity index (χ4v) is 4.62. The Hall–Kier alpha value is -2.36. The molecule has 0 unspecified atom stereocenters. The van der Waals surface area contributed by atoms with E-state index >= 15 is 0 Å². The second-order valence-corrected chi connectivity index (χ2v) is 9.08. The number of piperazine rings is 1. The van der Waals surface area contributed by atoms with Crippen molar-refractivity contribution in [1.82, 2.24) is 19.2 Å². The standard InChI is InChI=1S/C23H34N6O2S/c1-5-7-18(24)20-21(25-3)23(30)27-22(26-20)17-10-8-16(9-11-19(17)31-6-2)32-29-14-12-28(4)13-15-29/h9-11,24-25H,5-8,12-15H2,1-4H3,(H,26,27,30). The maximum absolute atomic E-state index is 12.8. The molecule has 1 aliphatic carbocycles. The van der Waals surface area contributed by atoms with Crippen molar-refractivity contribution in [3.63, 3.8) is 0 Å². The summed E-state index contributed by atoms with van der Waals surface area (Å²) in [6.45, 7) is 8.65. The molecular formula is C23H34N6O2S. The van der Waals surface area contributed by atoms with Crippen molar-refractivity contribution in [2.45, 2.75) is 33.1 Å². The third-order valence-corrected chi connectivity index (χ3v) is 6.57. The van der Waals surface area contributed by atoms with Crippen molar-refractivity contribution in [1.29, 1.82) is 5.41 Å². The number of H-pyrrole nitrogens is 1. The Morgan fingerprint density at radius 2 is 2.03 bits per heavy atom. The van der Waals surface area contributed by atoms with E-state index in [9.17, 15) is 4.79 Å². The van der Waals surface area contributed by atoms with Gasteiger partial charge in [-0.3, -0.25) is 4.79 Å². The molecule has 1 aliphatic heterocycles. The van der Waals surface area contributed by atoms with Crippen molar-refractivity contribution in [2.24, 2.45) is 0 Å². The Morgan fingerprint density at radius 3 is 2.69 bits per heavy atom. The molecule has 1 fully saturated rings. The minimum atomic E-state index is -0.283. The van der Waals surface area contributed by atoms with Gasteiger partial charge in [-0.15, -0.1) is 0 Å². The highest BCUT2D eigenvalue weighted by molar-refractivity contribution is 8.00. The van der Waals surface area contributed by atoms with Crippen LogP contribution in [0.3, 0.4) is 0 Å². The minimum Gasteiger partial charge on any atom is -0.493 e. The largest absolute Gasteiger partial charge is 0.493 e. The zero-order chi connectivity index (χ0) is 23.1. The Kier molecular flexibility index (Phi) is 8.72. The normalized spacial score (nSPS) is 17.8. The third kappa shape index (κ3) is 5.90. The number of likely N-dealkylation sites (N-methyl/N-ethyl adjacent to an activating group) is 1. The van der Waals surface area contributed by atoms with Gasteiger partial charge in [-0.1, -0.05) is 19.4 Å². The molecule has 3 rings (SSSR count). The summed E-state index contributed by atoms with van der Waals surface area (Å²) in [5, 5.41) is 11.3. The summed E-state index contributed by atoms with van der Waals surface area (Å²) in [5.74, 6) is 1.11. The topological polar surface area (TPSA) is 97.3 Å². The van der Waals surface area contributed by atoms with Gasteiger partial charge < -0.3 is 25.3 Å². The number of rotatable bonds is 9. The molecule has 1 aromatic rings. The van der Waals surface area contributed by atoms with Gasteiger partial charge in [-0.2, -0.15) is 0 Å². The number of hydrogen-bond donors (Lipinski definition) is 3. The van der Waals surface area contributed by atoms with E-state index < -0.39 is 0 Å². The second kappa shape index (κ2) is 11.5. The number of anilines is 1. The number of hydrogen-bond acceptors (Lipinski definition) is 8. The smallest absolute Gasteiger partial charge is 0.275 e. The van der Waals surface area contributed by atoms with E-state index in [-0.39, 0.29) is 5.56 Å². The first-order chi connectivity index (χ1) is 15.5. The first-order valence-corrected chi connectivity index (χ1v) is 12.0. The maximum Gasteiger partial charge on any atom is 0.275 e. The highest BCUT2D eigenvalue weighted by Gasteiger charge is 2.21. The molecule has 0 saturated carbocycles. The average Bonchev–Trinajstić information content (AvgIpc) is 2.97. The SMILES string of the molecule is CCCC(=N)c1nc(C2=CCC(SN3CCN(C)CC3)=CC=C2OCC)[nH]c(=O)c1NC. The van der Waals surface area contributed by atoms with Gasteiger partial charge in [-0.25, -0.2) is 9.29 Å². The van der Waals surface area contributed by atoms with Crippen molar-refractivity contribution in [2.75, 3.05) is 52.2 Å². The number of nitrogens with one attached hydrogen (secondary N) is 3. The molecule has 1 saturated heterocycles. The zero-order valence-corrected chi connectivity index (χ0v) is 20.3. The number of nitrogens with zero attached hydrogens (tertiary/aromatic N) is 3. The molecule has 2 heterocycles. The molecule has 174 valence electrons. The zero-order valence-electron chi connectivity index (χ0n) is 19.5. The molecular weight excluding hydrogens is 424 g/mol. The Balaban J connectivity index is 1.91. The highest BCUT2D eigenvalue weighted by atomic mass is 32.2. The molecule has 9 heteroatoms. The van der Waals surface area contributed by atoms with E-state index in [1.807, 2.05) is 19.9 Å². The van der Waals surface area contributed by atoms with Crippen LogP contribution in [0.1, 0.15) is 44.6 Å². The number of allylic oxidation sites excluding steroid dienone is 5. The van der Waals surface area contributed by atoms with E-state index in [0.29, 0.717) is 41.7 Å². The summed E-state index contributed by atoms with van der Waals surface area (Å²) in [6.07, 6.45) is 8.22. The molecule has 0 aromatic carbocycles. The first-order valence-electron chi connectivity index (χ1n) is 11.2. The van der Waals surface area contributed by atoms with Crippen LogP contribution in [-0.4, -0.2) is 71.8 Å². The number of aromatic nitrogens is 2. The molecule has 0 atom stereocenters. The summed E-state index contributed by atoms with van der Waals surface area (Å²) in [7, 11) is 3.83. The lowest BCUT2D eigenvalue weighted by atomic mass is 10.1. The fourth-order valence-electron chi connectivity index (χ4n) is 3.66. The second-order valence-electron chi connectivity index (χ2n) is 7.86. The molecule has 32 heavy (non-hydrogen) atoms. The lowest BCUT2D eigenvalue weighted by molar-refractivity contribution is 0.234.